The normalized spacial score (nSPS) is 10.7. The molecule has 0 atom stereocenters. The van der Waals surface area contributed by atoms with E-state index < -0.39 is 5.78 Å². The highest BCUT2D eigenvalue weighted by Gasteiger charge is 2.24. The third-order valence-corrected chi connectivity index (χ3v) is 4.79. The Morgan fingerprint density at radius 1 is 0.931 bits per heavy atom. The highest BCUT2D eigenvalue weighted by molar-refractivity contribution is 6.32. The van der Waals surface area contributed by atoms with Crippen LogP contribution in [0.4, 0.5) is 5.69 Å². The fourth-order valence-electron chi connectivity index (χ4n) is 3.04. The molecule has 0 unspecified atom stereocenters. The number of para-hydroxylation sites is 1. The minimum atomic E-state index is -0.394. The summed E-state index contributed by atoms with van der Waals surface area (Å²) in [6, 6.07) is 20.6. The van der Waals surface area contributed by atoms with Crippen LogP contribution in [-0.4, -0.2) is 18.8 Å². The third kappa shape index (κ3) is 3.60. The first-order valence-electron chi connectivity index (χ1n) is 8.84. The number of carbonyl (C=O) groups is 2. The van der Waals surface area contributed by atoms with Gasteiger partial charge in [-0.25, -0.2) is 0 Å². The highest BCUT2D eigenvalue weighted by Crippen LogP contribution is 2.34. The van der Waals surface area contributed by atoms with Crippen LogP contribution in [-0.2, 0) is 0 Å². The van der Waals surface area contributed by atoms with Crippen LogP contribution in [0.3, 0.4) is 0 Å². The standard InChI is InChI=1S/C23H16ClNO4/c1-28-19-12-11-15(13-17(19)24)21(26)22-20(16-9-5-6-10-18(16)29-22)25-23(27)14-7-3-2-4-8-14/h2-13H,1H3,(H,25,27). The molecule has 0 aliphatic rings. The average molecular weight is 406 g/mol. The lowest BCUT2D eigenvalue weighted by Crippen LogP contribution is -2.14. The van der Waals surface area contributed by atoms with Crippen molar-refractivity contribution in [2.45, 2.75) is 0 Å². The van der Waals surface area contributed by atoms with Gasteiger partial charge in [0.25, 0.3) is 5.91 Å². The van der Waals surface area contributed by atoms with Gasteiger partial charge in [-0.15, -0.1) is 0 Å². The van der Waals surface area contributed by atoms with E-state index in [9.17, 15) is 9.59 Å². The molecule has 0 saturated carbocycles. The molecule has 1 heterocycles. The molecular weight excluding hydrogens is 390 g/mol. The second-order valence-corrected chi connectivity index (χ2v) is 6.71. The smallest absolute Gasteiger partial charge is 0.255 e. The van der Waals surface area contributed by atoms with Crippen molar-refractivity contribution in [1.82, 2.24) is 0 Å². The Morgan fingerprint density at radius 2 is 1.66 bits per heavy atom. The summed E-state index contributed by atoms with van der Waals surface area (Å²) in [4.78, 5) is 25.9. The van der Waals surface area contributed by atoms with Crippen LogP contribution in [0.15, 0.2) is 77.2 Å². The molecule has 0 aliphatic carbocycles. The number of nitrogens with one attached hydrogen (secondary N) is 1. The largest absolute Gasteiger partial charge is 0.495 e. The molecule has 0 aliphatic heterocycles. The summed E-state index contributed by atoms with van der Waals surface area (Å²) in [5.41, 5.74) is 1.62. The van der Waals surface area contributed by atoms with Crippen molar-refractivity contribution in [3.63, 3.8) is 0 Å². The molecule has 6 heteroatoms. The van der Waals surface area contributed by atoms with E-state index in [2.05, 4.69) is 5.32 Å². The second-order valence-electron chi connectivity index (χ2n) is 6.30. The maximum Gasteiger partial charge on any atom is 0.255 e. The third-order valence-electron chi connectivity index (χ3n) is 4.49. The predicted octanol–water partition coefficient (Wildman–Crippen LogP) is 5.58. The summed E-state index contributed by atoms with van der Waals surface area (Å²) in [6.45, 7) is 0. The van der Waals surface area contributed by atoms with E-state index in [-0.39, 0.29) is 11.7 Å². The zero-order valence-corrected chi connectivity index (χ0v) is 16.2. The van der Waals surface area contributed by atoms with Crippen LogP contribution in [0.5, 0.6) is 5.75 Å². The van der Waals surface area contributed by atoms with Crippen LogP contribution in [0.25, 0.3) is 11.0 Å². The van der Waals surface area contributed by atoms with Crippen LogP contribution in [0.2, 0.25) is 5.02 Å². The number of hydrogen-bond donors (Lipinski definition) is 1. The van der Waals surface area contributed by atoms with E-state index in [1.54, 1.807) is 54.6 Å². The van der Waals surface area contributed by atoms with Gasteiger partial charge in [0.2, 0.25) is 5.78 Å². The van der Waals surface area contributed by atoms with Gasteiger partial charge in [0.1, 0.15) is 11.3 Å². The summed E-state index contributed by atoms with van der Waals surface area (Å²) in [6.07, 6.45) is 0. The van der Waals surface area contributed by atoms with Crippen molar-refractivity contribution in [3.8, 4) is 5.75 Å². The van der Waals surface area contributed by atoms with Crippen LogP contribution in [0, 0.1) is 0 Å². The zero-order valence-electron chi connectivity index (χ0n) is 15.4. The van der Waals surface area contributed by atoms with Gasteiger partial charge in [-0.1, -0.05) is 41.9 Å². The Balaban J connectivity index is 1.78. The van der Waals surface area contributed by atoms with Crippen molar-refractivity contribution in [2.24, 2.45) is 0 Å². The molecule has 0 saturated heterocycles. The molecule has 0 radical (unpaired) electrons. The molecule has 4 rings (SSSR count). The molecule has 3 aromatic carbocycles. The van der Waals surface area contributed by atoms with Gasteiger partial charge >= 0.3 is 0 Å². The van der Waals surface area contributed by atoms with Gasteiger partial charge in [-0.2, -0.15) is 0 Å². The van der Waals surface area contributed by atoms with E-state index in [1.807, 2.05) is 12.1 Å². The van der Waals surface area contributed by atoms with Crippen molar-refractivity contribution < 1.29 is 18.7 Å². The van der Waals surface area contributed by atoms with Crippen molar-refractivity contribution in [1.29, 1.82) is 0 Å². The summed E-state index contributed by atoms with van der Waals surface area (Å²) in [5, 5.41) is 3.77. The number of methoxy groups -OCH3 is 1. The van der Waals surface area contributed by atoms with Crippen molar-refractivity contribution in [3.05, 3.63) is 94.7 Å². The van der Waals surface area contributed by atoms with Crippen LogP contribution < -0.4 is 10.1 Å². The van der Waals surface area contributed by atoms with Gasteiger partial charge in [-0.3, -0.25) is 9.59 Å². The Hall–Kier alpha value is -3.57. The monoisotopic (exact) mass is 405 g/mol. The van der Waals surface area contributed by atoms with Gasteiger partial charge in [0.05, 0.1) is 17.8 Å². The molecule has 144 valence electrons. The van der Waals surface area contributed by atoms with Gasteiger partial charge in [0, 0.05) is 16.5 Å². The number of ketones is 1. The lowest BCUT2D eigenvalue weighted by atomic mass is 10.1. The Labute approximate surface area is 171 Å². The fraction of sp³-hybridized carbons (Fsp3) is 0.0435. The fourth-order valence-corrected chi connectivity index (χ4v) is 3.30. The van der Waals surface area contributed by atoms with Crippen LogP contribution in [0.1, 0.15) is 26.5 Å². The first kappa shape index (κ1) is 18.8. The predicted molar refractivity (Wildman–Crippen MR) is 112 cm³/mol. The summed E-state index contributed by atoms with van der Waals surface area (Å²) >= 11 is 6.17. The molecule has 0 fully saturated rings. The number of carbonyl (C=O) groups excluding carboxylic acids is 2. The highest BCUT2D eigenvalue weighted by atomic mass is 35.5. The maximum atomic E-state index is 13.2. The van der Waals surface area contributed by atoms with E-state index in [0.717, 1.165) is 0 Å². The van der Waals surface area contributed by atoms with Crippen LogP contribution >= 0.6 is 11.6 Å². The van der Waals surface area contributed by atoms with E-state index in [1.165, 1.54) is 13.2 Å². The molecule has 5 nitrogen and oxygen atoms in total. The number of fused-ring (bicyclic) bond motifs is 1. The van der Waals surface area contributed by atoms with Crippen molar-refractivity contribution >= 4 is 39.9 Å². The summed E-state index contributed by atoms with van der Waals surface area (Å²) in [5.74, 6) is -0.227. The number of hydrogen-bond acceptors (Lipinski definition) is 4. The van der Waals surface area contributed by atoms with Gasteiger partial charge < -0.3 is 14.5 Å². The Kier molecular flexibility index (Phi) is 5.06. The summed E-state index contributed by atoms with van der Waals surface area (Å²) < 4.78 is 10.9. The number of amides is 1. The molecule has 4 aromatic rings. The Morgan fingerprint density at radius 3 is 2.38 bits per heavy atom. The number of furan rings is 1. The van der Waals surface area contributed by atoms with E-state index in [4.69, 9.17) is 20.8 Å². The van der Waals surface area contributed by atoms with Gasteiger partial charge in [-0.05, 0) is 42.5 Å². The Bertz CT molecular complexity index is 1210. The first-order chi connectivity index (χ1) is 14.1. The second kappa shape index (κ2) is 7.81. The lowest BCUT2D eigenvalue weighted by Gasteiger charge is -2.07. The minimum absolute atomic E-state index is 0.0386. The molecule has 0 bridgehead atoms. The van der Waals surface area contributed by atoms with Gasteiger partial charge in [0.15, 0.2) is 5.76 Å². The lowest BCUT2D eigenvalue weighted by molar-refractivity contribution is 0.101. The molecule has 29 heavy (non-hydrogen) atoms. The van der Waals surface area contributed by atoms with Crippen molar-refractivity contribution in [2.75, 3.05) is 12.4 Å². The number of anilines is 1. The quantitative estimate of drug-likeness (QED) is 0.440. The number of ether oxygens (including phenoxy) is 1. The maximum absolute atomic E-state index is 13.2. The number of rotatable bonds is 5. The molecule has 1 aromatic heterocycles. The number of benzene rings is 3. The average Bonchev–Trinajstić information content (AvgIpc) is 3.12. The molecule has 1 N–H and O–H groups in total. The van der Waals surface area contributed by atoms with E-state index in [0.29, 0.717) is 38.6 Å². The SMILES string of the molecule is COc1ccc(C(=O)c2oc3ccccc3c2NC(=O)c2ccccc2)cc1Cl. The minimum Gasteiger partial charge on any atom is -0.495 e. The first-order valence-corrected chi connectivity index (χ1v) is 9.22. The van der Waals surface area contributed by atoms with E-state index >= 15 is 0 Å². The molecule has 1 amide bonds. The molecule has 0 spiro atoms. The molecular formula is C23H16ClNO4. The number of halogens is 1. The zero-order chi connectivity index (χ0) is 20.4. The topological polar surface area (TPSA) is 68.5 Å². The summed E-state index contributed by atoms with van der Waals surface area (Å²) in [7, 11) is 1.50.